The molecule has 0 saturated heterocycles. The molecule has 0 aliphatic rings. The molecule has 0 aromatic heterocycles. The van der Waals surface area contributed by atoms with Crippen LogP contribution >= 0.6 is 0 Å². The molecule has 0 fully saturated rings. The largest absolute Gasteiger partial charge is 0.372 e. The van der Waals surface area contributed by atoms with Crippen LogP contribution in [0.25, 0.3) is 11.1 Å². The van der Waals surface area contributed by atoms with E-state index in [0.717, 1.165) is 49.7 Å². The molecule has 2 atom stereocenters. The Bertz CT molecular complexity index is 2010. The summed E-state index contributed by atoms with van der Waals surface area (Å²) in [5.74, 6) is 0.575. The van der Waals surface area contributed by atoms with Gasteiger partial charge in [-0.2, -0.15) is 0 Å². The van der Waals surface area contributed by atoms with Crippen molar-refractivity contribution in [2.45, 2.75) is 80.6 Å². The van der Waals surface area contributed by atoms with E-state index in [0.29, 0.717) is 0 Å². The third-order valence-electron chi connectivity index (χ3n) is 11.8. The van der Waals surface area contributed by atoms with Crippen molar-refractivity contribution in [2.24, 2.45) is 0 Å². The molecule has 6 aromatic carbocycles. The van der Waals surface area contributed by atoms with Crippen molar-refractivity contribution in [3.05, 3.63) is 172 Å². The zero-order valence-electron chi connectivity index (χ0n) is 34.7. The van der Waals surface area contributed by atoms with Crippen LogP contribution in [-0.2, 0) is 6.42 Å². The smallest absolute Gasteiger partial charge is 0.0464 e. The Morgan fingerprint density at radius 3 is 1.09 bits per heavy atom. The topological polar surface area (TPSA) is 9.72 Å². The molecule has 3 nitrogen and oxygen atoms in total. The van der Waals surface area contributed by atoms with Crippen LogP contribution in [0.2, 0.25) is 0 Å². The van der Waals surface area contributed by atoms with Crippen LogP contribution in [-0.4, -0.2) is 26.2 Å². The second-order valence-corrected chi connectivity index (χ2v) is 15.0. The second-order valence-electron chi connectivity index (χ2n) is 15.0. The minimum absolute atomic E-state index is 0.288. The maximum Gasteiger partial charge on any atom is 0.0464 e. The van der Waals surface area contributed by atoms with Gasteiger partial charge in [-0.15, -0.1) is 0 Å². The number of aryl methyl sites for hydroxylation is 3. The lowest BCUT2D eigenvalue weighted by Gasteiger charge is -2.28. The Balaban J connectivity index is 1.34. The van der Waals surface area contributed by atoms with Gasteiger partial charge in [-0.05, 0) is 159 Å². The number of anilines is 5. The van der Waals surface area contributed by atoms with E-state index in [1.54, 1.807) is 0 Å². The second kappa shape index (κ2) is 17.9. The van der Waals surface area contributed by atoms with Crippen LogP contribution in [0.3, 0.4) is 0 Å². The number of hydrogen-bond acceptors (Lipinski definition) is 3. The van der Waals surface area contributed by atoms with E-state index in [1.165, 1.54) is 61.4 Å². The minimum Gasteiger partial charge on any atom is -0.372 e. The molecule has 0 aliphatic heterocycles. The summed E-state index contributed by atoms with van der Waals surface area (Å²) >= 11 is 0. The van der Waals surface area contributed by atoms with E-state index in [9.17, 15) is 0 Å². The van der Waals surface area contributed by atoms with E-state index in [-0.39, 0.29) is 11.8 Å². The quantitative estimate of drug-likeness (QED) is 0.104. The van der Waals surface area contributed by atoms with E-state index in [2.05, 4.69) is 210 Å². The fourth-order valence-electron chi connectivity index (χ4n) is 8.24. The Kier molecular flexibility index (Phi) is 12.8. The molecule has 0 aliphatic carbocycles. The van der Waals surface area contributed by atoms with Gasteiger partial charge in [0.1, 0.15) is 0 Å². The summed E-state index contributed by atoms with van der Waals surface area (Å²) in [5, 5.41) is 0. The van der Waals surface area contributed by atoms with Gasteiger partial charge < -0.3 is 14.7 Å². The van der Waals surface area contributed by atoms with Crippen molar-refractivity contribution < 1.29 is 0 Å². The van der Waals surface area contributed by atoms with Gasteiger partial charge in [0.15, 0.2) is 0 Å². The first-order valence-electron chi connectivity index (χ1n) is 20.6. The van der Waals surface area contributed by atoms with Crippen LogP contribution in [0.5, 0.6) is 0 Å². The molecular weight excluding hydrogens is 667 g/mol. The maximum absolute atomic E-state index is 2.42. The molecule has 55 heavy (non-hydrogen) atoms. The fourth-order valence-corrected chi connectivity index (χ4v) is 8.24. The van der Waals surface area contributed by atoms with Crippen LogP contribution in [0.4, 0.5) is 28.4 Å². The first-order chi connectivity index (χ1) is 26.7. The van der Waals surface area contributed by atoms with Gasteiger partial charge in [0.2, 0.25) is 0 Å². The summed E-state index contributed by atoms with van der Waals surface area (Å²) in [6.07, 6.45) is 1.05. The fraction of sp³-hybridized carbons (Fsp3) is 0.308. The molecule has 0 bridgehead atoms. The number of hydrogen-bond donors (Lipinski definition) is 0. The number of benzene rings is 6. The number of nitrogens with zero attached hydrogens (tertiary/aromatic N) is 3. The van der Waals surface area contributed by atoms with Gasteiger partial charge in [-0.25, -0.2) is 0 Å². The van der Waals surface area contributed by atoms with Gasteiger partial charge in [0, 0.05) is 66.5 Å². The predicted molar refractivity (Wildman–Crippen MR) is 240 cm³/mol. The Labute approximate surface area is 332 Å². The Morgan fingerprint density at radius 1 is 0.400 bits per heavy atom. The lowest BCUT2D eigenvalue weighted by molar-refractivity contribution is 0.862. The summed E-state index contributed by atoms with van der Waals surface area (Å²) in [5.41, 5.74) is 17.9. The van der Waals surface area contributed by atoms with Gasteiger partial charge in [-0.1, -0.05) is 93.6 Å². The molecular formula is C52H61N3. The van der Waals surface area contributed by atoms with Crippen molar-refractivity contribution in [1.82, 2.24) is 0 Å². The van der Waals surface area contributed by atoms with E-state index < -0.39 is 0 Å². The Hall–Kier alpha value is -5.28. The molecule has 0 amide bonds. The van der Waals surface area contributed by atoms with Crippen LogP contribution in [0.15, 0.2) is 133 Å². The first kappa shape index (κ1) is 39.4. The van der Waals surface area contributed by atoms with E-state index >= 15 is 0 Å². The molecule has 0 N–H and O–H groups in total. The van der Waals surface area contributed by atoms with Crippen molar-refractivity contribution in [3.63, 3.8) is 0 Å². The van der Waals surface area contributed by atoms with Crippen LogP contribution in [0.1, 0.15) is 99.2 Å². The third-order valence-corrected chi connectivity index (χ3v) is 11.8. The van der Waals surface area contributed by atoms with Crippen molar-refractivity contribution in [1.29, 1.82) is 0 Å². The molecule has 2 unspecified atom stereocenters. The molecule has 6 aromatic rings. The lowest BCUT2D eigenvalue weighted by Crippen LogP contribution is -2.21. The van der Waals surface area contributed by atoms with Crippen molar-refractivity contribution >= 4 is 28.4 Å². The summed E-state index contributed by atoms with van der Waals surface area (Å²) < 4.78 is 0. The average molecular weight is 728 g/mol. The van der Waals surface area contributed by atoms with Gasteiger partial charge in [-0.3, -0.25) is 0 Å². The van der Waals surface area contributed by atoms with Gasteiger partial charge >= 0.3 is 0 Å². The monoisotopic (exact) mass is 727 g/mol. The van der Waals surface area contributed by atoms with Crippen molar-refractivity contribution in [3.8, 4) is 11.1 Å². The SMILES string of the molecule is CCc1ccc(-c2ccc(N(c3ccc(C(C)c4ccc(N(CC)CC)cc4)c(C)c3)c3ccc(C(C)c4ccc(N(CC)CC)cc4)c(C)c3)cc2)cc1. The summed E-state index contributed by atoms with van der Waals surface area (Å²) in [4.78, 5) is 7.22. The molecule has 284 valence electrons. The Morgan fingerprint density at radius 2 is 0.745 bits per heavy atom. The summed E-state index contributed by atoms with van der Waals surface area (Å²) in [6, 6.07) is 50.4. The zero-order chi connectivity index (χ0) is 39.1. The highest BCUT2D eigenvalue weighted by atomic mass is 15.1. The number of rotatable bonds is 15. The predicted octanol–water partition coefficient (Wildman–Crippen LogP) is 14.0. The molecule has 0 heterocycles. The highest BCUT2D eigenvalue weighted by Crippen LogP contribution is 2.40. The van der Waals surface area contributed by atoms with Gasteiger partial charge in [0.05, 0.1) is 0 Å². The third kappa shape index (κ3) is 8.67. The minimum atomic E-state index is 0.288. The van der Waals surface area contributed by atoms with Crippen LogP contribution in [0, 0.1) is 13.8 Å². The normalized spacial score (nSPS) is 12.3. The standard InChI is InChI=1S/C52H61N3/c1-10-41-15-17-44(18-16-41)45-23-29-48(30-24-45)55(49-31-33-51(37(6)35-49)39(8)42-19-25-46(26-20-42)53(11-2)12-3)50-32-34-52(38(7)36-50)40(9)43-21-27-47(28-22-43)54(13-4)14-5/h15-36,39-40H,10-14H2,1-9H3. The highest BCUT2D eigenvalue weighted by molar-refractivity contribution is 5.79. The maximum atomic E-state index is 2.42. The van der Waals surface area contributed by atoms with Gasteiger partial charge in [0.25, 0.3) is 0 Å². The molecule has 3 heteroatoms. The average Bonchev–Trinajstić information content (AvgIpc) is 3.22. The molecule has 6 rings (SSSR count). The molecule has 0 radical (unpaired) electrons. The van der Waals surface area contributed by atoms with E-state index in [4.69, 9.17) is 0 Å². The van der Waals surface area contributed by atoms with E-state index in [1.807, 2.05) is 0 Å². The molecule has 0 saturated carbocycles. The van der Waals surface area contributed by atoms with Crippen LogP contribution < -0.4 is 14.7 Å². The summed E-state index contributed by atoms with van der Waals surface area (Å²) in [6.45, 7) is 24.3. The molecule has 0 spiro atoms. The van der Waals surface area contributed by atoms with Crippen molar-refractivity contribution in [2.75, 3.05) is 40.9 Å². The summed E-state index contributed by atoms with van der Waals surface area (Å²) in [7, 11) is 0. The first-order valence-corrected chi connectivity index (χ1v) is 20.6. The highest BCUT2D eigenvalue weighted by Gasteiger charge is 2.19. The lowest BCUT2D eigenvalue weighted by atomic mass is 9.89. The zero-order valence-corrected chi connectivity index (χ0v) is 34.7.